The van der Waals surface area contributed by atoms with Gasteiger partial charge in [0.25, 0.3) is 5.91 Å². The maximum Gasteiger partial charge on any atom is 0.292 e. The molecule has 4 rings (SSSR count). The van der Waals surface area contributed by atoms with Crippen molar-refractivity contribution in [3.8, 4) is 0 Å². The van der Waals surface area contributed by atoms with E-state index in [2.05, 4.69) is 15.3 Å². The van der Waals surface area contributed by atoms with E-state index in [1.807, 2.05) is 4.57 Å². The number of amides is 1. The van der Waals surface area contributed by atoms with Crippen LogP contribution in [-0.2, 0) is 26.1 Å². The lowest BCUT2D eigenvalue weighted by Crippen LogP contribution is -2.33. The van der Waals surface area contributed by atoms with Gasteiger partial charge in [-0.3, -0.25) is 9.48 Å². The van der Waals surface area contributed by atoms with Crippen molar-refractivity contribution in [3.63, 3.8) is 0 Å². The maximum atomic E-state index is 13.0. The number of aliphatic hydroxyl groups excluding tert-OH is 2. The zero-order chi connectivity index (χ0) is 17.4. The Labute approximate surface area is 144 Å². The van der Waals surface area contributed by atoms with Gasteiger partial charge in [0.1, 0.15) is 11.9 Å². The van der Waals surface area contributed by atoms with E-state index < -0.39 is 6.10 Å². The maximum absolute atomic E-state index is 13.0. The molecule has 2 aliphatic rings. The number of hydrogen-bond donors (Lipinski definition) is 2. The number of carbonyl (C=O) groups excluding carboxylic acids is 1. The Kier molecular flexibility index (Phi) is 4.26. The number of aryl methyl sites for hydroxylation is 2. The van der Waals surface area contributed by atoms with Crippen molar-refractivity contribution in [2.24, 2.45) is 0 Å². The van der Waals surface area contributed by atoms with Gasteiger partial charge in [-0.2, -0.15) is 5.10 Å². The van der Waals surface area contributed by atoms with Crippen molar-refractivity contribution in [2.45, 2.75) is 51.4 Å². The molecule has 9 heteroatoms. The Bertz CT molecular complexity index is 783. The lowest BCUT2D eigenvalue weighted by molar-refractivity contribution is 0.0726. The number of hydrogen-bond acceptors (Lipinski definition) is 6. The fourth-order valence-corrected chi connectivity index (χ4v) is 3.52. The summed E-state index contributed by atoms with van der Waals surface area (Å²) in [6.45, 7) is 2.14. The van der Waals surface area contributed by atoms with E-state index >= 15 is 0 Å². The van der Waals surface area contributed by atoms with E-state index in [4.69, 9.17) is 5.11 Å². The average Bonchev–Trinajstić information content (AvgIpc) is 3.19. The molecule has 2 aliphatic heterocycles. The Morgan fingerprint density at radius 3 is 2.92 bits per heavy atom. The quantitative estimate of drug-likeness (QED) is 0.802. The minimum Gasteiger partial charge on any atom is -0.393 e. The van der Waals surface area contributed by atoms with Gasteiger partial charge in [-0.15, -0.1) is 10.2 Å². The SMILES string of the molecule is O=C(c1nnc2n1CCCC2)N1CCCn2nc(C(O)CO)cc2C1. The zero-order valence-corrected chi connectivity index (χ0v) is 14.0. The Morgan fingerprint density at radius 2 is 2.08 bits per heavy atom. The van der Waals surface area contributed by atoms with E-state index in [-0.39, 0.29) is 12.5 Å². The van der Waals surface area contributed by atoms with Crippen molar-refractivity contribution >= 4 is 5.91 Å². The second kappa shape index (κ2) is 6.57. The lowest BCUT2D eigenvalue weighted by Gasteiger charge is -2.21. The number of aliphatic hydroxyl groups is 2. The fraction of sp³-hybridized carbons (Fsp3) is 0.625. The summed E-state index contributed by atoms with van der Waals surface area (Å²) in [5, 5.41) is 31.5. The molecule has 2 N–H and O–H groups in total. The average molecular weight is 346 g/mol. The van der Waals surface area contributed by atoms with Crippen LogP contribution < -0.4 is 0 Å². The molecule has 1 unspecified atom stereocenters. The van der Waals surface area contributed by atoms with Gasteiger partial charge in [0.15, 0.2) is 0 Å². The summed E-state index contributed by atoms with van der Waals surface area (Å²) in [4.78, 5) is 14.7. The molecular formula is C16H22N6O3. The van der Waals surface area contributed by atoms with E-state index in [0.717, 1.165) is 43.7 Å². The molecule has 134 valence electrons. The van der Waals surface area contributed by atoms with Crippen LogP contribution in [0.3, 0.4) is 0 Å². The van der Waals surface area contributed by atoms with Crippen LogP contribution in [0.25, 0.3) is 0 Å². The molecule has 0 saturated heterocycles. The van der Waals surface area contributed by atoms with Crippen LogP contribution >= 0.6 is 0 Å². The minimum absolute atomic E-state index is 0.112. The van der Waals surface area contributed by atoms with Crippen LogP contribution in [0.4, 0.5) is 0 Å². The summed E-state index contributed by atoms with van der Waals surface area (Å²) in [5.41, 5.74) is 1.29. The first kappa shape index (κ1) is 16.2. The highest BCUT2D eigenvalue weighted by molar-refractivity contribution is 5.90. The first-order valence-electron chi connectivity index (χ1n) is 8.74. The largest absolute Gasteiger partial charge is 0.393 e. The normalized spacial score (nSPS) is 18.4. The molecule has 0 spiro atoms. The lowest BCUT2D eigenvalue weighted by atomic mass is 10.1. The molecule has 2 aromatic rings. The second-order valence-electron chi connectivity index (χ2n) is 6.61. The van der Waals surface area contributed by atoms with Gasteiger partial charge in [0.05, 0.1) is 24.5 Å². The highest BCUT2D eigenvalue weighted by Crippen LogP contribution is 2.20. The number of carbonyl (C=O) groups is 1. The second-order valence-corrected chi connectivity index (χ2v) is 6.61. The van der Waals surface area contributed by atoms with Gasteiger partial charge in [0, 0.05) is 26.1 Å². The molecule has 1 atom stereocenters. The summed E-state index contributed by atoms with van der Waals surface area (Å²) in [6, 6.07) is 1.76. The number of aromatic nitrogens is 5. The Hall–Kier alpha value is -2.26. The number of fused-ring (bicyclic) bond motifs is 2. The van der Waals surface area contributed by atoms with Gasteiger partial charge in [-0.25, -0.2) is 0 Å². The van der Waals surface area contributed by atoms with Crippen LogP contribution in [0.1, 0.15) is 53.2 Å². The van der Waals surface area contributed by atoms with Crippen LogP contribution in [0.15, 0.2) is 6.07 Å². The van der Waals surface area contributed by atoms with Crippen molar-refractivity contribution in [2.75, 3.05) is 13.2 Å². The summed E-state index contributed by atoms with van der Waals surface area (Å²) in [7, 11) is 0. The Morgan fingerprint density at radius 1 is 1.20 bits per heavy atom. The van der Waals surface area contributed by atoms with Gasteiger partial charge in [0.2, 0.25) is 5.82 Å². The highest BCUT2D eigenvalue weighted by Gasteiger charge is 2.28. The monoisotopic (exact) mass is 346 g/mol. The fourth-order valence-electron chi connectivity index (χ4n) is 3.52. The molecular weight excluding hydrogens is 324 g/mol. The predicted molar refractivity (Wildman–Crippen MR) is 86.6 cm³/mol. The first-order valence-corrected chi connectivity index (χ1v) is 8.74. The molecule has 0 bridgehead atoms. The molecule has 0 aliphatic carbocycles. The molecule has 9 nitrogen and oxygen atoms in total. The first-order chi connectivity index (χ1) is 12.2. The van der Waals surface area contributed by atoms with E-state index in [0.29, 0.717) is 31.2 Å². The third kappa shape index (κ3) is 2.93. The minimum atomic E-state index is -0.993. The van der Waals surface area contributed by atoms with Crippen molar-refractivity contribution in [1.82, 2.24) is 29.4 Å². The van der Waals surface area contributed by atoms with E-state index in [1.165, 1.54) is 0 Å². The summed E-state index contributed by atoms with van der Waals surface area (Å²) in [5.74, 6) is 1.20. The molecule has 1 amide bonds. The summed E-state index contributed by atoms with van der Waals surface area (Å²) in [6.07, 6.45) is 2.78. The number of nitrogens with zero attached hydrogens (tertiary/aromatic N) is 6. The van der Waals surface area contributed by atoms with Crippen LogP contribution in [0.2, 0.25) is 0 Å². The van der Waals surface area contributed by atoms with Crippen molar-refractivity contribution in [1.29, 1.82) is 0 Å². The van der Waals surface area contributed by atoms with Gasteiger partial charge in [-0.1, -0.05) is 0 Å². The molecule has 0 fully saturated rings. The van der Waals surface area contributed by atoms with Crippen molar-refractivity contribution in [3.05, 3.63) is 29.1 Å². The highest BCUT2D eigenvalue weighted by atomic mass is 16.3. The predicted octanol–water partition coefficient (Wildman–Crippen LogP) is -0.117. The third-order valence-corrected chi connectivity index (χ3v) is 4.89. The van der Waals surface area contributed by atoms with Gasteiger partial charge >= 0.3 is 0 Å². The molecule has 2 aromatic heterocycles. The third-order valence-electron chi connectivity index (χ3n) is 4.89. The Balaban J connectivity index is 1.58. The van der Waals surface area contributed by atoms with Crippen molar-refractivity contribution < 1.29 is 15.0 Å². The van der Waals surface area contributed by atoms with Crippen LogP contribution in [-0.4, -0.2) is 58.7 Å². The standard InChI is InChI=1S/C16H22N6O3/c23-10-13(24)12-8-11-9-20(5-3-7-22(11)19-12)16(25)15-18-17-14-4-1-2-6-21(14)15/h8,13,23-24H,1-7,9-10H2. The zero-order valence-electron chi connectivity index (χ0n) is 14.0. The summed E-state index contributed by atoms with van der Waals surface area (Å²) < 4.78 is 3.75. The van der Waals surface area contributed by atoms with Gasteiger partial charge < -0.3 is 19.7 Å². The smallest absolute Gasteiger partial charge is 0.292 e. The molecule has 0 aromatic carbocycles. The van der Waals surface area contributed by atoms with Gasteiger partial charge in [-0.05, 0) is 25.3 Å². The molecule has 25 heavy (non-hydrogen) atoms. The van der Waals surface area contributed by atoms with E-state index in [9.17, 15) is 9.90 Å². The van der Waals surface area contributed by atoms with Crippen LogP contribution in [0.5, 0.6) is 0 Å². The van der Waals surface area contributed by atoms with Crippen LogP contribution in [0, 0.1) is 0 Å². The van der Waals surface area contributed by atoms with E-state index in [1.54, 1.807) is 15.6 Å². The number of rotatable bonds is 3. The molecule has 0 saturated carbocycles. The molecule has 0 radical (unpaired) electrons. The summed E-state index contributed by atoms with van der Waals surface area (Å²) >= 11 is 0. The topological polar surface area (TPSA) is 109 Å². The molecule has 4 heterocycles.